The Bertz CT molecular complexity index is 449. The van der Waals surface area contributed by atoms with Gasteiger partial charge in [-0.25, -0.2) is 9.97 Å². The Labute approximate surface area is 81.4 Å². The van der Waals surface area contributed by atoms with Crippen molar-refractivity contribution in [1.29, 1.82) is 0 Å². The molecule has 72 valence electrons. The Balaban J connectivity index is 2.47. The molecule has 2 aromatic rings. The second-order valence-electron chi connectivity index (χ2n) is 3.33. The molecule has 2 aromatic heterocycles. The quantitative estimate of drug-likeness (QED) is 0.747. The third-order valence-corrected chi connectivity index (χ3v) is 2.37. The van der Waals surface area contributed by atoms with Gasteiger partial charge in [0.05, 0.1) is 0 Å². The normalized spacial score (nSPS) is 12.9. The summed E-state index contributed by atoms with van der Waals surface area (Å²) in [7, 11) is 0. The summed E-state index contributed by atoms with van der Waals surface area (Å²) in [5, 5.41) is 1.00. The van der Waals surface area contributed by atoms with Gasteiger partial charge in [-0.15, -0.1) is 0 Å². The molecule has 2 heterocycles. The van der Waals surface area contributed by atoms with Crippen molar-refractivity contribution in [3.05, 3.63) is 24.3 Å². The number of fused-ring (bicyclic) bond motifs is 1. The van der Waals surface area contributed by atoms with Crippen LogP contribution in [0.5, 0.6) is 0 Å². The molecular weight excluding hydrogens is 178 g/mol. The van der Waals surface area contributed by atoms with Crippen molar-refractivity contribution < 1.29 is 4.79 Å². The maximum atomic E-state index is 10.4. The lowest BCUT2D eigenvalue weighted by molar-refractivity contribution is -0.108. The minimum absolute atomic E-state index is 0.215. The fourth-order valence-corrected chi connectivity index (χ4v) is 1.56. The average molecular weight is 189 g/mol. The summed E-state index contributed by atoms with van der Waals surface area (Å²) in [6.45, 7) is 2.02. The van der Waals surface area contributed by atoms with Crippen molar-refractivity contribution in [3.8, 4) is 0 Å². The van der Waals surface area contributed by atoms with Crippen LogP contribution in [0.1, 0.15) is 24.8 Å². The fourth-order valence-electron chi connectivity index (χ4n) is 1.56. The van der Waals surface area contributed by atoms with Crippen LogP contribution in [0, 0.1) is 0 Å². The van der Waals surface area contributed by atoms with Crippen LogP contribution in [0.25, 0.3) is 11.0 Å². The molecular formula is C10H11N3O. The van der Waals surface area contributed by atoms with Crippen LogP contribution < -0.4 is 0 Å². The number of aromatic nitrogens is 3. The van der Waals surface area contributed by atoms with Crippen LogP contribution in [-0.2, 0) is 4.79 Å². The van der Waals surface area contributed by atoms with Crippen LogP contribution >= 0.6 is 0 Å². The molecule has 1 atom stereocenters. The van der Waals surface area contributed by atoms with E-state index in [-0.39, 0.29) is 5.92 Å². The summed E-state index contributed by atoms with van der Waals surface area (Å²) in [4.78, 5) is 21.5. The molecule has 0 fully saturated rings. The van der Waals surface area contributed by atoms with Gasteiger partial charge in [0, 0.05) is 24.2 Å². The molecule has 4 heteroatoms. The fraction of sp³-hybridized carbons (Fsp3) is 0.300. The van der Waals surface area contributed by atoms with Gasteiger partial charge in [-0.2, -0.15) is 0 Å². The highest BCUT2D eigenvalue weighted by molar-refractivity contribution is 5.79. The Kier molecular flexibility index (Phi) is 2.26. The predicted molar refractivity (Wildman–Crippen MR) is 53.0 cm³/mol. The number of hydrogen-bond donors (Lipinski definition) is 1. The summed E-state index contributed by atoms with van der Waals surface area (Å²) < 4.78 is 0. The molecule has 0 saturated carbocycles. The van der Waals surface area contributed by atoms with E-state index in [4.69, 9.17) is 0 Å². The predicted octanol–water partition coefficient (Wildman–Crippen LogP) is 1.65. The van der Waals surface area contributed by atoms with Crippen molar-refractivity contribution >= 4 is 17.3 Å². The number of aromatic amines is 1. The van der Waals surface area contributed by atoms with Crippen molar-refractivity contribution in [1.82, 2.24) is 15.0 Å². The molecule has 4 nitrogen and oxygen atoms in total. The number of aldehydes is 1. The molecule has 0 amide bonds. The average Bonchev–Trinajstić information content (AvgIpc) is 2.61. The van der Waals surface area contributed by atoms with Gasteiger partial charge >= 0.3 is 0 Å². The van der Waals surface area contributed by atoms with E-state index in [0.717, 1.165) is 22.9 Å². The Morgan fingerprint density at radius 1 is 1.64 bits per heavy atom. The Morgan fingerprint density at radius 2 is 2.50 bits per heavy atom. The number of nitrogens with one attached hydrogen (secondary N) is 1. The van der Waals surface area contributed by atoms with E-state index < -0.39 is 0 Å². The van der Waals surface area contributed by atoms with E-state index >= 15 is 0 Å². The number of carbonyl (C=O) groups is 1. The van der Waals surface area contributed by atoms with E-state index in [9.17, 15) is 4.79 Å². The number of hydrogen-bond acceptors (Lipinski definition) is 3. The lowest BCUT2D eigenvalue weighted by Crippen LogP contribution is -1.92. The third kappa shape index (κ3) is 1.39. The molecule has 0 aliphatic carbocycles. The SMILES string of the molecule is CC(CC=O)c1c[nH]c2ncncc12. The van der Waals surface area contributed by atoms with Crippen LogP contribution in [0.4, 0.5) is 0 Å². The zero-order chi connectivity index (χ0) is 9.97. The highest BCUT2D eigenvalue weighted by atomic mass is 16.1. The van der Waals surface area contributed by atoms with E-state index in [0.29, 0.717) is 6.42 Å². The number of rotatable bonds is 3. The van der Waals surface area contributed by atoms with Gasteiger partial charge in [0.2, 0.25) is 0 Å². The Morgan fingerprint density at radius 3 is 3.29 bits per heavy atom. The molecule has 0 aliphatic heterocycles. The van der Waals surface area contributed by atoms with E-state index in [1.807, 2.05) is 13.1 Å². The van der Waals surface area contributed by atoms with Crippen LogP contribution in [0.15, 0.2) is 18.7 Å². The summed E-state index contributed by atoms with van der Waals surface area (Å²) in [5.41, 5.74) is 1.93. The second kappa shape index (κ2) is 3.57. The first-order valence-electron chi connectivity index (χ1n) is 4.53. The highest BCUT2D eigenvalue weighted by Gasteiger charge is 2.10. The summed E-state index contributed by atoms with van der Waals surface area (Å²) in [5.74, 6) is 0.215. The van der Waals surface area contributed by atoms with Gasteiger partial charge in [0.25, 0.3) is 0 Å². The van der Waals surface area contributed by atoms with Crippen molar-refractivity contribution in [2.75, 3.05) is 0 Å². The van der Waals surface area contributed by atoms with Gasteiger partial charge in [-0.1, -0.05) is 6.92 Å². The zero-order valence-corrected chi connectivity index (χ0v) is 7.90. The number of carbonyl (C=O) groups excluding carboxylic acids is 1. The summed E-state index contributed by atoms with van der Waals surface area (Å²) >= 11 is 0. The minimum atomic E-state index is 0.215. The maximum Gasteiger partial charge on any atom is 0.140 e. The molecule has 1 unspecified atom stereocenters. The first-order valence-corrected chi connectivity index (χ1v) is 4.53. The highest BCUT2D eigenvalue weighted by Crippen LogP contribution is 2.24. The largest absolute Gasteiger partial charge is 0.346 e. The van der Waals surface area contributed by atoms with Gasteiger partial charge < -0.3 is 9.78 Å². The summed E-state index contributed by atoms with van der Waals surface area (Å²) in [6, 6.07) is 0. The standard InChI is InChI=1S/C10H11N3O/c1-7(2-3-14)8-5-12-10-9(8)4-11-6-13-10/h3-7H,2H2,1H3,(H,11,12,13). The molecule has 0 bridgehead atoms. The first-order chi connectivity index (χ1) is 6.83. The maximum absolute atomic E-state index is 10.4. The van der Waals surface area contributed by atoms with E-state index in [1.165, 1.54) is 6.33 Å². The molecule has 0 spiro atoms. The molecule has 14 heavy (non-hydrogen) atoms. The topological polar surface area (TPSA) is 58.6 Å². The molecule has 0 aromatic carbocycles. The molecule has 0 aliphatic rings. The van der Waals surface area contributed by atoms with Gasteiger partial charge in [0.15, 0.2) is 0 Å². The van der Waals surface area contributed by atoms with Crippen LogP contribution in [-0.4, -0.2) is 21.2 Å². The van der Waals surface area contributed by atoms with Crippen LogP contribution in [0.2, 0.25) is 0 Å². The lowest BCUT2D eigenvalue weighted by Gasteiger charge is -2.04. The van der Waals surface area contributed by atoms with Gasteiger partial charge in [0.1, 0.15) is 18.3 Å². The molecule has 0 radical (unpaired) electrons. The van der Waals surface area contributed by atoms with Crippen molar-refractivity contribution in [2.24, 2.45) is 0 Å². The molecule has 2 rings (SSSR count). The van der Waals surface area contributed by atoms with E-state index in [2.05, 4.69) is 15.0 Å². The van der Waals surface area contributed by atoms with E-state index in [1.54, 1.807) is 6.20 Å². The first kappa shape index (κ1) is 8.87. The number of nitrogens with zero attached hydrogens (tertiary/aromatic N) is 2. The second-order valence-corrected chi connectivity index (χ2v) is 3.33. The van der Waals surface area contributed by atoms with Crippen LogP contribution in [0.3, 0.4) is 0 Å². The van der Waals surface area contributed by atoms with Crippen molar-refractivity contribution in [3.63, 3.8) is 0 Å². The monoisotopic (exact) mass is 189 g/mol. The van der Waals surface area contributed by atoms with Gasteiger partial charge in [-0.3, -0.25) is 0 Å². The lowest BCUT2D eigenvalue weighted by atomic mass is 9.99. The molecule has 0 saturated heterocycles. The summed E-state index contributed by atoms with van der Waals surface area (Å²) in [6.07, 6.45) is 6.64. The molecule has 1 N–H and O–H groups in total. The zero-order valence-electron chi connectivity index (χ0n) is 7.90. The Hall–Kier alpha value is -1.71. The van der Waals surface area contributed by atoms with Gasteiger partial charge in [-0.05, 0) is 11.5 Å². The van der Waals surface area contributed by atoms with Crippen molar-refractivity contribution in [2.45, 2.75) is 19.3 Å². The third-order valence-electron chi connectivity index (χ3n) is 2.37. The smallest absolute Gasteiger partial charge is 0.140 e. The minimum Gasteiger partial charge on any atom is -0.346 e. The number of H-pyrrole nitrogens is 1.